The Morgan fingerprint density at radius 3 is 2.83 bits per heavy atom. The number of amides is 1. The van der Waals surface area contributed by atoms with Gasteiger partial charge in [0.15, 0.2) is 5.13 Å². The van der Waals surface area contributed by atoms with Gasteiger partial charge in [-0.25, -0.2) is 4.98 Å². The molecule has 0 fully saturated rings. The number of aliphatic hydroxyl groups excluding tert-OH is 1. The van der Waals surface area contributed by atoms with Gasteiger partial charge in [0.1, 0.15) is 24.2 Å². The molecule has 1 aromatic heterocycles. The van der Waals surface area contributed by atoms with Crippen LogP contribution < -0.4 is 15.8 Å². The van der Waals surface area contributed by atoms with Crippen molar-refractivity contribution < 1.29 is 14.6 Å². The quantitative estimate of drug-likeness (QED) is 0.687. The zero-order valence-corrected chi connectivity index (χ0v) is 14.0. The molecule has 0 saturated heterocycles. The molecule has 0 aliphatic carbocycles. The summed E-state index contributed by atoms with van der Waals surface area (Å²) in [5.41, 5.74) is 6.47. The SMILES string of the molecule is CC(C)c1ccccc1OCC(O)CNc1nc(C(N)=O)cs1. The number of carbonyl (C=O) groups excluding carboxylic acids is 1. The van der Waals surface area contributed by atoms with E-state index < -0.39 is 12.0 Å². The lowest BCUT2D eigenvalue weighted by Crippen LogP contribution is -2.26. The van der Waals surface area contributed by atoms with E-state index in [4.69, 9.17) is 10.5 Å². The van der Waals surface area contributed by atoms with Crippen LogP contribution in [0.3, 0.4) is 0 Å². The molecule has 0 aliphatic rings. The molecule has 1 unspecified atom stereocenters. The second kappa shape index (κ2) is 7.94. The first kappa shape index (κ1) is 17.2. The maximum absolute atomic E-state index is 11.0. The number of aromatic nitrogens is 1. The Morgan fingerprint density at radius 1 is 1.43 bits per heavy atom. The number of hydrogen-bond donors (Lipinski definition) is 3. The molecule has 1 atom stereocenters. The van der Waals surface area contributed by atoms with Crippen LogP contribution in [-0.4, -0.2) is 35.3 Å². The summed E-state index contributed by atoms with van der Waals surface area (Å²) >= 11 is 1.27. The molecule has 1 amide bonds. The van der Waals surface area contributed by atoms with E-state index in [0.717, 1.165) is 11.3 Å². The fraction of sp³-hybridized carbons (Fsp3) is 0.375. The van der Waals surface area contributed by atoms with Crippen molar-refractivity contribution in [2.45, 2.75) is 25.9 Å². The van der Waals surface area contributed by atoms with E-state index in [-0.39, 0.29) is 18.8 Å². The molecule has 2 aromatic rings. The van der Waals surface area contributed by atoms with Crippen LogP contribution in [0.25, 0.3) is 0 Å². The van der Waals surface area contributed by atoms with Crippen molar-refractivity contribution in [3.8, 4) is 5.75 Å². The third-order valence-electron chi connectivity index (χ3n) is 3.22. The number of benzene rings is 1. The topological polar surface area (TPSA) is 97.5 Å². The zero-order chi connectivity index (χ0) is 16.8. The van der Waals surface area contributed by atoms with Crippen LogP contribution in [0.2, 0.25) is 0 Å². The number of ether oxygens (including phenoxy) is 1. The van der Waals surface area contributed by atoms with Crippen LogP contribution in [0.15, 0.2) is 29.6 Å². The highest BCUT2D eigenvalue weighted by atomic mass is 32.1. The third-order valence-corrected chi connectivity index (χ3v) is 4.02. The minimum absolute atomic E-state index is 0.171. The summed E-state index contributed by atoms with van der Waals surface area (Å²) in [6.45, 7) is 4.64. The highest BCUT2D eigenvalue weighted by molar-refractivity contribution is 7.13. The van der Waals surface area contributed by atoms with Crippen molar-refractivity contribution in [2.24, 2.45) is 5.73 Å². The van der Waals surface area contributed by atoms with Crippen molar-refractivity contribution in [3.05, 3.63) is 40.9 Å². The van der Waals surface area contributed by atoms with Gasteiger partial charge >= 0.3 is 0 Å². The van der Waals surface area contributed by atoms with Gasteiger partial charge in [0.25, 0.3) is 5.91 Å². The van der Waals surface area contributed by atoms with Gasteiger partial charge in [0.05, 0.1) is 0 Å². The molecule has 1 aromatic carbocycles. The lowest BCUT2D eigenvalue weighted by atomic mass is 10.0. The molecule has 7 heteroatoms. The lowest BCUT2D eigenvalue weighted by molar-refractivity contribution is 0.0996. The fourth-order valence-electron chi connectivity index (χ4n) is 2.01. The van der Waals surface area contributed by atoms with Crippen molar-refractivity contribution in [1.82, 2.24) is 4.98 Å². The van der Waals surface area contributed by atoms with Crippen molar-refractivity contribution in [2.75, 3.05) is 18.5 Å². The predicted molar refractivity (Wildman–Crippen MR) is 91.2 cm³/mol. The highest BCUT2D eigenvalue weighted by Crippen LogP contribution is 2.25. The maximum atomic E-state index is 11.0. The number of nitrogens with one attached hydrogen (secondary N) is 1. The molecule has 0 aliphatic heterocycles. The van der Waals surface area contributed by atoms with Gasteiger partial charge in [-0.2, -0.15) is 0 Å². The van der Waals surface area contributed by atoms with Gasteiger partial charge in [0.2, 0.25) is 0 Å². The summed E-state index contributed by atoms with van der Waals surface area (Å²) in [6.07, 6.45) is -0.698. The minimum atomic E-state index is -0.698. The monoisotopic (exact) mass is 335 g/mol. The normalized spacial score (nSPS) is 12.2. The Hall–Kier alpha value is -2.12. The first-order chi connectivity index (χ1) is 11.0. The summed E-state index contributed by atoms with van der Waals surface area (Å²) in [7, 11) is 0. The number of anilines is 1. The number of para-hydroxylation sites is 1. The van der Waals surface area contributed by atoms with Gasteiger partial charge in [-0.15, -0.1) is 11.3 Å². The Balaban J connectivity index is 1.83. The molecule has 4 N–H and O–H groups in total. The summed E-state index contributed by atoms with van der Waals surface area (Å²) in [5.74, 6) is 0.569. The molecular weight excluding hydrogens is 314 g/mol. The molecule has 124 valence electrons. The number of nitrogens with zero attached hydrogens (tertiary/aromatic N) is 1. The Kier molecular flexibility index (Phi) is 5.95. The van der Waals surface area contributed by atoms with E-state index in [9.17, 15) is 9.90 Å². The number of aliphatic hydroxyl groups is 1. The average molecular weight is 335 g/mol. The van der Waals surface area contributed by atoms with Crippen molar-refractivity contribution in [3.63, 3.8) is 0 Å². The van der Waals surface area contributed by atoms with E-state index in [1.807, 2.05) is 24.3 Å². The van der Waals surface area contributed by atoms with Gasteiger partial charge < -0.3 is 20.9 Å². The van der Waals surface area contributed by atoms with Gasteiger partial charge in [-0.1, -0.05) is 32.0 Å². The van der Waals surface area contributed by atoms with Gasteiger partial charge in [-0.05, 0) is 17.5 Å². The van der Waals surface area contributed by atoms with Crippen LogP contribution in [0, 0.1) is 0 Å². The summed E-state index contributed by atoms with van der Waals surface area (Å²) < 4.78 is 5.71. The van der Waals surface area contributed by atoms with E-state index >= 15 is 0 Å². The van der Waals surface area contributed by atoms with E-state index in [1.54, 1.807) is 5.38 Å². The number of primary amides is 1. The van der Waals surface area contributed by atoms with E-state index in [0.29, 0.717) is 11.0 Å². The van der Waals surface area contributed by atoms with Gasteiger partial charge in [-0.3, -0.25) is 4.79 Å². The maximum Gasteiger partial charge on any atom is 0.268 e. The van der Waals surface area contributed by atoms with E-state index in [2.05, 4.69) is 24.1 Å². The van der Waals surface area contributed by atoms with E-state index in [1.165, 1.54) is 11.3 Å². The molecular formula is C16H21N3O3S. The number of hydrogen-bond acceptors (Lipinski definition) is 6. The molecule has 0 spiro atoms. The zero-order valence-electron chi connectivity index (χ0n) is 13.2. The molecule has 0 saturated carbocycles. The third kappa shape index (κ3) is 4.94. The van der Waals surface area contributed by atoms with Crippen LogP contribution in [-0.2, 0) is 0 Å². The standard InChI is InChI=1S/C16H21N3O3S/c1-10(2)12-5-3-4-6-14(12)22-8-11(20)7-18-16-19-13(9-23-16)15(17)21/h3-6,9-11,20H,7-8H2,1-2H3,(H2,17,21)(H,18,19). The van der Waals surface area contributed by atoms with Crippen molar-refractivity contribution >= 4 is 22.4 Å². The molecule has 0 radical (unpaired) electrons. The molecule has 1 heterocycles. The number of rotatable bonds is 8. The molecule has 23 heavy (non-hydrogen) atoms. The Morgan fingerprint density at radius 2 is 2.17 bits per heavy atom. The second-order valence-electron chi connectivity index (χ2n) is 5.44. The number of carbonyl (C=O) groups is 1. The Labute approximate surface area is 139 Å². The van der Waals surface area contributed by atoms with Crippen LogP contribution in [0.5, 0.6) is 5.75 Å². The first-order valence-corrected chi connectivity index (χ1v) is 8.24. The van der Waals surface area contributed by atoms with Crippen LogP contribution in [0.4, 0.5) is 5.13 Å². The minimum Gasteiger partial charge on any atom is -0.491 e. The summed E-state index contributed by atoms with van der Waals surface area (Å²) in [4.78, 5) is 15.0. The molecule has 0 bridgehead atoms. The summed E-state index contributed by atoms with van der Waals surface area (Å²) in [5, 5.41) is 15.1. The number of thiazole rings is 1. The molecule has 6 nitrogen and oxygen atoms in total. The highest BCUT2D eigenvalue weighted by Gasteiger charge is 2.11. The lowest BCUT2D eigenvalue weighted by Gasteiger charge is -2.16. The smallest absolute Gasteiger partial charge is 0.268 e. The predicted octanol–water partition coefficient (Wildman–Crippen LogP) is 2.22. The fourth-order valence-corrected chi connectivity index (χ4v) is 2.72. The van der Waals surface area contributed by atoms with Crippen molar-refractivity contribution in [1.29, 1.82) is 0 Å². The second-order valence-corrected chi connectivity index (χ2v) is 6.30. The number of nitrogens with two attached hydrogens (primary N) is 1. The van der Waals surface area contributed by atoms with Crippen LogP contribution in [0.1, 0.15) is 35.8 Å². The average Bonchev–Trinajstić information content (AvgIpc) is 3.00. The van der Waals surface area contributed by atoms with Crippen LogP contribution >= 0.6 is 11.3 Å². The molecule has 2 rings (SSSR count). The Bertz CT molecular complexity index is 658. The summed E-state index contributed by atoms with van der Waals surface area (Å²) in [6, 6.07) is 7.80. The van der Waals surface area contributed by atoms with Gasteiger partial charge in [0, 0.05) is 11.9 Å². The largest absolute Gasteiger partial charge is 0.491 e. The first-order valence-electron chi connectivity index (χ1n) is 7.36.